The molecule has 0 aliphatic rings. The van der Waals surface area contributed by atoms with Crippen molar-refractivity contribution in [2.24, 2.45) is 0 Å². The second kappa shape index (κ2) is 7.58. The molecule has 1 amide bonds. The van der Waals surface area contributed by atoms with E-state index in [2.05, 4.69) is 48.4 Å². The highest BCUT2D eigenvalue weighted by molar-refractivity contribution is 5.76. The van der Waals surface area contributed by atoms with Crippen molar-refractivity contribution in [2.45, 2.75) is 39.2 Å². The van der Waals surface area contributed by atoms with Crippen molar-refractivity contribution in [3.05, 3.63) is 65.5 Å². The molecule has 1 heterocycles. The standard InChI is InChI=1S/C18H22N2O/c1-14(2)17-6-3-15(4-7-17)5-8-18(21)20-13-16-9-11-19-12-10-16/h3-4,6-7,9-12,14H,5,8,13H2,1-2H3,(H,20,21). The first kappa shape index (κ1) is 15.2. The quantitative estimate of drug-likeness (QED) is 0.881. The Morgan fingerprint density at radius 3 is 2.33 bits per heavy atom. The molecule has 0 aliphatic carbocycles. The molecule has 0 saturated heterocycles. The molecule has 2 rings (SSSR count). The van der Waals surface area contributed by atoms with Gasteiger partial charge in [-0.2, -0.15) is 0 Å². The minimum absolute atomic E-state index is 0.0831. The van der Waals surface area contributed by atoms with Crippen LogP contribution in [-0.2, 0) is 17.8 Å². The molecule has 0 bridgehead atoms. The van der Waals surface area contributed by atoms with Gasteiger partial charge in [0.2, 0.25) is 5.91 Å². The number of aryl methyl sites for hydroxylation is 1. The lowest BCUT2D eigenvalue weighted by molar-refractivity contribution is -0.121. The number of aromatic nitrogens is 1. The van der Waals surface area contributed by atoms with Crippen LogP contribution in [0.2, 0.25) is 0 Å². The Morgan fingerprint density at radius 1 is 1.05 bits per heavy atom. The van der Waals surface area contributed by atoms with Crippen LogP contribution in [0.15, 0.2) is 48.8 Å². The number of carbonyl (C=O) groups is 1. The maximum Gasteiger partial charge on any atom is 0.220 e. The van der Waals surface area contributed by atoms with Crippen molar-refractivity contribution in [1.82, 2.24) is 10.3 Å². The summed E-state index contributed by atoms with van der Waals surface area (Å²) in [5.74, 6) is 0.627. The average molecular weight is 282 g/mol. The van der Waals surface area contributed by atoms with Crippen LogP contribution in [0.25, 0.3) is 0 Å². The lowest BCUT2D eigenvalue weighted by Crippen LogP contribution is -2.22. The van der Waals surface area contributed by atoms with E-state index in [0.29, 0.717) is 18.9 Å². The van der Waals surface area contributed by atoms with Gasteiger partial charge >= 0.3 is 0 Å². The number of benzene rings is 1. The molecule has 2 aromatic rings. The Balaban J connectivity index is 1.76. The predicted molar refractivity (Wildman–Crippen MR) is 84.9 cm³/mol. The summed E-state index contributed by atoms with van der Waals surface area (Å²) in [6.07, 6.45) is 4.77. The summed E-state index contributed by atoms with van der Waals surface area (Å²) in [4.78, 5) is 15.8. The van der Waals surface area contributed by atoms with Gasteiger partial charge in [0.05, 0.1) is 0 Å². The molecule has 1 aromatic carbocycles. The van der Waals surface area contributed by atoms with Gasteiger partial charge in [-0.05, 0) is 41.2 Å². The van der Waals surface area contributed by atoms with E-state index in [1.165, 1.54) is 11.1 Å². The molecule has 0 radical (unpaired) electrons. The number of hydrogen-bond donors (Lipinski definition) is 1. The van der Waals surface area contributed by atoms with Gasteiger partial charge in [0, 0.05) is 25.4 Å². The molecule has 0 fully saturated rings. The van der Waals surface area contributed by atoms with Crippen molar-refractivity contribution in [2.75, 3.05) is 0 Å². The molecule has 0 aliphatic heterocycles. The van der Waals surface area contributed by atoms with Crippen LogP contribution in [0.1, 0.15) is 42.9 Å². The summed E-state index contributed by atoms with van der Waals surface area (Å²) in [5, 5.41) is 2.93. The highest BCUT2D eigenvalue weighted by Gasteiger charge is 2.03. The zero-order valence-electron chi connectivity index (χ0n) is 12.7. The van der Waals surface area contributed by atoms with E-state index in [0.717, 1.165) is 12.0 Å². The first-order chi connectivity index (χ1) is 10.1. The molecular weight excluding hydrogens is 260 g/mol. The first-order valence-corrected chi connectivity index (χ1v) is 7.39. The van der Waals surface area contributed by atoms with Crippen molar-refractivity contribution < 1.29 is 4.79 Å². The summed E-state index contributed by atoms with van der Waals surface area (Å²) in [6, 6.07) is 12.3. The number of pyridine rings is 1. The molecular formula is C18H22N2O. The summed E-state index contributed by atoms with van der Waals surface area (Å²) < 4.78 is 0. The van der Waals surface area contributed by atoms with Gasteiger partial charge in [0.1, 0.15) is 0 Å². The van der Waals surface area contributed by atoms with E-state index in [9.17, 15) is 4.79 Å². The van der Waals surface area contributed by atoms with Crippen molar-refractivity contribution in [3.8, 4) is 0 Å². The third kappa shape index (κ3) is 5.03. The summed E-state index contributed by atoms with van der Waals surface area (Å²) in [6.45, 7) is 4.93. The normalized spacial score (nSPS) is 10.6. The lowest BCUT2D eigenvalue weighted by atomic mass is 10.0. The highest BCUT2D eigenvalue weighted by atomic mass is 16.1. The van der Waals surface area contributed by atoms with Gasteiger partial charge in [-0.25, -0.2) is 0 Å². The number of hydrogen-bond acceptors (Lipinski definition) is 2. The largest absolute Gasteiger partial charge is 0.352 e. The molecule has 3 heteroatoms. The average Bonchev–Trinajstić information content (AvgIpc) is 2.52. The second-order valence-corrected chi connectivity index (χ2v) is 5.53. The molecule has 21 heavy (non-hydrogen) atoms. The van der Waals surface area contributed by atoms with E-state index in [-0.39, 0.29) is 5.91 Å². The van der Waals surface area contributed by atoms with Crippen LogP contribution in [0.3, 0.4) is 0 Å². The fraction of sp³-hybridized carbons (Fsp3) is 0.333. The van der Waals surface area contributed by atoms with Gasteiger partial charge in [0.25, 0.3) is 0 Å². The Hall–Kier alpha value is -2.16. The number of nitrogens with zero attached hydrogens (tertiary/aromatic N) is 1. The third-order valence-corrected chi connectivity index (χ3v) is 3.53. The summed E-state index contributed by atoms with van der Waals surface area (Å²) in [5.41, 5.74) is 3.61. The van der Waals surface area contributed by atoms with E-state index >= 15 is 0 Å². The van der Waals surface area contributed by atoms with E-state index in [4.69, 9.17) is 0 Å². The van der Waals surface area contributed by atoms with Crippen LogP contribution in [0.4, 0.5) is 0 Å². The van der Waals surface area contributed by atoms with Crippen LogP contribution in [-0.4, -0.2) is 10.9 Å². The fourth-order valence-electron chi connectivity index (χ4n) is 2.12. The molecule has 0 unspecified atom stereocenters. The Kier molecular flexibility index (Phi) is 5.50. The van der Waals surface area contributed by atoms with Gasteiger partial charge in [0.15, 0.2) is 0 Å². The minimum Gasteiger partial charge on any atom is -0.352 e. The maximum atomic E-state index is 11.8. The third-order valence-electron chi connectivity index (χ3n) is 3.53. The van der Waals surface area contributed by atoms with Crippen molar-refractivity contribution in [1.29, 1.82) is 0 Å². The maximum absolute atomic E-state index is 11.8. The van der Waals surface area contributed by atoms with E-state index in [1.807, 2.05) is 12.1 Å². The summed E-state index contributed by atoms with van der Waals surface area (Å²) >= 11 is 0. The van der Waals surface area contributed by atoms with Gasteiger partial charge in [-0.3, -0.25) is 9.78 Å². The molecule has 3 nitrogen and oxygen atoms in total. The first-order valence-electron chi connectivity index (χ1n) is 7.39. The molecule has 1 aromatic heterocycles. The van der Waals surface area contributed by atoms with Crippen LogP contribution < -0.4 is 5.32 Å². The van der Waals surface area contributed by atoms with E-state index in [1.54, 1.807) is 12.4 Å². The SMILES string of the molecule is CC(C)c1ccc(CCC(=O)NCc2ccncc2)cc1. The van der Waals surface area contributed by atoms with Crippen molar-refractivity contribution >= 4 is 5.91 Å². The lowest BCUT2D eigenvalue weighted by Gasteiger charge is -2.07. The van der Waals surface area contributed by atoms with Crippen LogP contribution in [0.5, 0.6) is 0 Å². The number of carbonyl (C=O) groups excluding carboxylic acids is 1. The Morgan fingerprint density at radius 2 is 1.71 bits per heavy atom. The predicted octanol–water partition coefficient (Wildman–Crippen LogP) is 3.45. The van der Waals surface area contributed by atoms with Crippen LogP contribution >= 0.6 is 0 Å². The van der Waals surface area contributed by atoms with Crippen LogP contribution in [0, 0.1) is 0 Å². The second-order valence-electron chi connectivity index (χ2n) is 5.53. The topological polar surface area (TPSA) is 42.0 Å². The monoisotopic (exact) mass is 282 g/mol. The van der Waals surface area contributed by atoms with Gasteiger partial charge in [-0.15, -0.1) is 0 Å². The molecule has 0 saturated carbocycles. The van der Waals surface area contributed by atoms with Crippen molar-refractivity contribution in [3.63, 3.8) is 0 Å². The minimum atomic E-state index is 0.0831. The number of rotatable bonds is 6. The fourth-order valence-corrected chi connectivity index (χ4v) is 2.12. The summed E-state index contributed by atoms with van der Waals surface area (Å²) in [7, 11) is 0. The smallest absolute Gasteiger partial charge is 0.220 e. The zero-order valence-corrected chi connectivity index (χ0v) is 12.7. The molecule has 0 spiro atoms. The molecule has 1 N–H and O–H groups in total. The zero-order chi connectivity index (χ0) is 15.1. The van der Waals surface area contributed by atoms with E-state index < -0.39 is 0 Å². The number of nitrogens with one attached hydrogen (secondary N) is 1. The number of amides is 1. The Bertz CT molecular complexity index is 562. The van der Waals surface area contributed by atoms with Gasteiger partial charge < -0.3 is 5.32 Å². The highest BCUT2D eigenvalue weighted by Crippen LogP contribution is 2.15. The molecule has 110 valence electrons. The molecule has 0 atom stereocenters. The van der Waals surface area contributed by atoms with Gasteiger partial charge in [-0.1, -0.05) is 38.1 Å². The Labute approximate surface area is 126 Å².